The van der Waals surface area contributed by atoms with Gasteiger partial charge in [-0.15, -0.1) is 0 Å². The molecule has 0 fully saturated rings. The molecule has 1 atom stereocenters. The van der Waals surface area contributed by atoms with Crippen LogP contribution in [-0.4, -0.2) is 38.2 Å². The average molecular weight is 384 g/mol. The van der Waals surface area contributed by atoms with Gasteiger partial charge in [0, 0.05) is 30.4 Å². The molecule has 140 valence electrons. The van der Waals surface area contributed by atoms with Gasteiger partial charge in [0.05, 0.1) is 11.8 Å². The molecule has 0 spiro atoms. The molecular weight excluding hydrogens is 364 g/mol. The third-order valence-electron chi connectivity index (χ3n) is 3.88. The number of amides is 1. The summed E-state index contributed by atoms with van der Waals surface area (Å²) in [5.41, 5.74) is 1.99. The number of nitrogens with zero attached hydrogens (tertiary/aromatic N) is 3. The smallest absolute Gasteiger partial charge is 0.251 e. The Hall–Kier alpha value is -2.87. The number of rotatable bonds is 6. The second-order valence-corrected chi connectivity index (χ2v) is 7.52. The van der Waals surface area contributed by atoms with E-state index in [-0.39, 0.29) is 11.5 Å². The van der Waals surface area contributed by atoms with Gasteiger partial charge in [-0.2, -0.15) is 0 Å². The Balaban J connectivity index is 1.63. The highest BCUT2D eigenvalue weighted by Crippen LogP contribution is 2.22. The van der Waals surface area contributed by atoms with E-state index in [1.165, 1.54) is 17.8 Å². The summed E-state index contributed by atoms with van der Waals surface area (Å²) in [4.78, 5) is 32.6. The molecule has 0 unspecified atom stereocenters. The van der Waals surface area contributed by atoms with Gasteiger partial charge < -0.3 is 14.4 Å². The predicted molar refractivity (Wildman–Crippen MR) is 103 cm³/mol. The Morgan fingerprint density at radius 2 is 2.04 bits per heavy atom. The number of H-pyrrole nitrogens is 1. The summed E-state index contributed by atoms with van der Waals surface area (Å²) in [5, 5.41) is 4.08. The zero-order valence-corrected chi connectivity index (χ0v) is 16.1. The lowest BCUT2D eigenvalue weighted by Crippen LogP contribution is -2.33. The molecule has 7 nitrogen and oxygen atoms in total. The van der Waals surface area contributed by atoms with Gasteiger partial charge in [0.15, 0.2) is 10.9 Å². The van der Waals surface area contributed by atoms with E-state index >= 15 is 0 Å². The van der Waals surface area contributed by atoms with Crippen molar-refractivity contribution in [3.05, 3.63) is 64.2 Å². The highest BCUT2D eigenvalue weighted by Gasteiger charge is 2.21. The van der Waals surface area contributed by atoms with Crippen molar-refractivity contribution in [1.29, 1.82) is 0 Å². The van der Waals surface area contributed by atoms with Crippen molar-refractivity contribution in [2.24, 2.45) is 0 Å². The lowest BCUT2D eigenvalue weighted by atomic mass is 10.1. The number of carbonyl (C=O) groups excluding carboxylic acids is 1. The zero-order chi connectivity index (χ0) is 19.4. The average Bonchev–Trinajstić information content (AvgIpc) is 3.09. The summed E-state index contributed by atoms with van der Waals surface area (Å²) in [6, 6.07) is 12.9. The van der Waals surface area contributed by atoms with E-state index in [0.717, 1.165) is 5.56 Å². The monoisotopic (exact) mass is 384 g/mol. The quantitative estimate of drug-likeness (QED) is 0.519. The number of aryl methyl sites for hydroxylation is 1. The number of carbonyl (C=O) groups is 1. The van der Waals surface area contributed by atoms with Crippen LogP contribution in [0.2, 0.25) is 0 Å². The SMILES string of the molecule is Cc1cc(=O)[nH]c(S[C@@H](C)C(=O)N(C)Cc2cc(-c3ccccc3)on2)n1. The van der Waals surface area contributed by atoms with Crippen molar-refractivity contribution in [2.75, 3.05) is 7.05 Å². The minimum absolute atomic E-state index is 0.0894. The minimum Gasteiger partial charge on any atom is -0.356 e. The summed E-state index contributed by atoms with van der Waals surface area (Å²) in [7, 11) is 1.71. The first kappa shape index (κ1) is 18.9. The van der Waals surface area contributed by atoms with Crippen LogP contribution in [0, 0.1) is 6.92 Å². The van der Waals surface area contributed by atoms with Crippen LogP contribution in [-0.2, 0) is 11.3 Å². The van der Waals surface area contributed by atoms with Crippen LogP contribution < -0.4 is 5.56 Å². The molecule has 0 aliphatic carbocycles. The molecule has 2 aromatic heterocycles. The molecule has 0 aliphatic heterocycles. The van der Waals surface area contributed by atoms with Crippen LogP contribution in [0.1, 0.15) is 18.3 Å². The summed E-state index contributed by atoms with van der Waals surface area (Å²) >= 11 is 1.22. The maximum Gasteiger partial charge on any atom is 0.251 e. The number of nitrogens with one attached hydrogen (secondary N) is 1. The molecule has 3 rings (SSSR count). The number of hydrogen-bond acceptors (Lipinski definition) is 6. The molecule has 0 radical (unpaired) electrons. The Labute approximate surface area is 160 Å². The first-order valence-corrected chi connectivity index (χ1v) is 9.31. The molecule has 27 heavy (non-hydrogen) atoms. The Morgan fingerprint density at radius 1 is 1.30 bits per heavy atom. The highest BCUT2D eigenvalue weighted by atomic mass is 32.2. The number of hydrogen-bond donors (Lipinski definition) is 1. The maximum atomic E-state index is 12.6. The van der Waals surface area contributed by atoms with Crippen LogP contribution in [0.25, 0.3) is 11.3 Å². The largest absolute Gasteiger partial charge is 0.356 e. The fraction of sp³-hybridized carbons (Fsp3) is 0.263. The van der Waals surface area contributed by atoms with Gasteiger partial charge in [0.25, 0.3) is 5.56 Å². The fourth-order valence-electron chi connectivity index (χ4n) is 2.58. The van der Waals surface area contributed by atoms with Crippen LogP contribution in [0.4, 0.5) is 0 Å². The van der Waals surface area contributed by atoms with Crippen molar-refractivity contribution >= 4 is 17.7 Å². The van der Waals surface area contributed by atoms with Gasteiger partial charge in [-0.3, -0.25) is 9.59 Å². The van der Waals surface area contributed by atoms with E-state index < -0.39 is 5.25 Å². The third kappa shape index (κ3) is 4.85. The standard InChI is InChI=1S/C19H20N4O3S/c1-12-9-17(24)21-19(20-12)27-13(2)18(25)23(3)11-15-10-16(26-22-15)14-7-5-4-6-8-14/h4-10,13H,11H2,1-3H3,(H,20,21,24)/t13-/m0/s1. The Kier molecular flexibility index (Phi) is 5.75. The first-order valence-electron chi connectivity index (χ1n) is 8.43. The Morgan fingerprint density at radius 3 is 2.74 bits per heavy atom. The molecule has 3 aromatic rings. The minimum atomic E-state index is -0.402. The van der Waals surface area contributed by atoms with Crippen molar-refractivity contribution in [3.63, 3.8) is 0 Å². The second-order valence-electron chi connectivity index (χ2n) is 6.19. The van der Waals surface area contributed by atoms with Crippen molar-refractivity contribution < 1.29 is 9.32 Å². The van der Waals surface area contributed by atoms with E-state index in [1.807, 2.05) is 36.4 Å². The second kappa shape index (κ2) is 8.22. The van der Waals surface area contributed by atoms with E-state index in [0.29, 0.717) is 28.8 Å². The van der Waals surface area contributed by atoms with Gasteiger partial charge in [-0.05, 0) is 13.8 Å². The van der Waals surface area contributed by atoms with E-state index in [2.05, 4.69) is 15.1 Å². The van der Waals surface area contributed by atoms with Crippen LogP contribution >= 0.6 is 11.8 Å². The molecular formula is C19H20N4O3S. The normalized spacial score (nSPS) is 12.0. The maximum absolute atomic E-state index is 12.6. The van der Waals surface area contributed by atoms with Crippen LogP contribution in [0.15, 0.2) is 56.9 Å². The molecule has 0 bridgehead atoms. The first-order chi connectivity index (χ1) is 12.9. The summed E-state index contributed by atoms with van der Waals surface area (Å²) < 4.78 is 5.37. The number of aromatic nitrogens is 3. The lowest BCUT2D eigenvalue weighted by Gasteiger charge is -2.19. The molecule has 0 aliphatic rings. The van der Waals surface area contributed by atoms with E-state index in [9.17, 15) is 9.59 Å². The summed E-state index contributed by atoms with van der Waals surface area (Å²) in [6.07, 6.45) is 0. The van der Waals surface area contributed by atoms with Gasteiger partial charge >= 0.3 is 0 Å². The molecule has 1 aromatic carbocycles. The Bertz CT molecular complexity index is 984. The van der Waals surface area contributed by atoms with Crippen molar-refractivity contribution in [3.8, 4) is 11.3 Å². The molecule has 0 saturated heterocycles. The number of thioether (sulfide) groups is 1. The fourth-order valence-corrected chi connectivity index (χ4v) is 3.55. The molecule has 1 N–H and O–H groups in total. The molecule has 1 amide bonds. The summed E-state index contributed by atoms with van der Waals surface area (Å²) in [6.45, 7) is 3.86. The summed E-state index contributed by atoms with van der Waals surface area (Å²) in [5.74, 6) is 0.573. The van der Waals surface area contributed by atoms with E-state index in [1.54, 1.807) is 25.8 Å². The van der Waals surface area contributed by atoms with Gasteiger partial charge in [0.2, 0.25) is 5.91 Å². The van der Waals surface area contributed by atoms with Gasteiger partial charge in [0.1, 0.15) is 5.69 Å². The van der Waals surface area contributed by atoms with Crippen molar-refractivity contribution in [1.82, 2.24) is 20.0 Å². The van der Waals surface area contributed by atoms with Gasteiger partial charge in [-0.25, -0.2) is 4.98 Å². The number of benzene rings is 1. The molecule has 0 saturated carbocycles. The van der Waals surface area contributed by atoms with Crippen LogP contribution in [0.5, 0.6) is 0 Å². The van der Waals surface area contributed by atoms with Crippen molar-refractivity contribution in [2.45, 2.75) is 30.8 Å². The van der Waals surface area contributed by atoms with E-state index in [4.69, 9.17) is 4.52 Å². The zero-order valence-electron chi connectivity index (χ0n) is 15.3. The highest BCUT2D eigenvalue weighted by molar-refractivity contribution is 8.00. The van der Waals surface area contributed by atoms with Gasteiger partial charge in [-0.1, -0.05) is 47.3 Å². The third-order valence-corrected chi connectivity index (χ3v) is 4.85. The lowest BCUT2D eigenvalue weighted by molar-refractivity contribution is -0.129. The predicted octanol–water partition coefficient (Wildman–Crippen LogP) is 2.87. The number of aromatic amines is 1. The van der Waals surface area contributed by atoms with Crippen LogP contribution in [0.3, 0.4) is 0 Å². The molecule has 2 heterocycles. The topological polar surface area (TPSA) is 92.1 Å². The molecule has 8 heteroatoms.